The van der Waals surface area contributed by atoms with E-state index in [-0.39, 0.29) is 0 Å². The van der Waals surface area contributed by atoms with Gasteiger partial charge in [0.25, 0.3) is 0 Å². The van der Waals surface area contributed by atoms with Crippen molar-refractivity contribution in [2.75, 3.05) is 18.0 Å². The molecule has 1 heterocycles. The average Bonchev–Trinajstić information content (AvgIpc) is 3.22. The van der Waals surface area contributed by atoms with E-state index in [1.54, 1.807) is 0 Å². The maximum Gasteiger partial charge on any atom is 0.129 e. The summed E-state index contributed by atoms with van der Waals surface area (Å²) in [7, 11) is 0. The number of pyridine rings is 1. The van der Waals surface area contributed by atoms with Gasteiger partial charge in [0, 0.05) is 25.3 Å². The lowest BCUT2D eigenvalue weighted by Crippen LogP contribution is -2.28. The van der Waals surface area contributed by atoms with Gasteiger partial charge in [0.15, 0.2) is 0 Å². The highest BCUT2D eigenvalue weighted by molar-refractivity contribution is 5.43. The summed E-state index contributed by atoms with van der Waals surface area (Å²) < 4.78 is 0. The first-order valence-electron chi connectivity index (χ1n) is 7.71. The van der Waals surface area contributed by atoms with Crippen molar-refractivity contribution in [1.82, 2.24) is 4.98 Å². The molecular weight excluding hydrogens is 234 g/mol. The van der Waals surface area contributed by atoms with Crippen molar-refractivity contribution in [3.05, 3.63) is 23.4 Å². The minimum Gasteiger partial charge on any atom is -0.356 e. The topological polar surface area (TPSA) is 42.1 Å². The predicted molar refractivity (Wildman–Crippen MR) is 81.4 cm³/mol. The Balaban J connectivity index is 2.19. The zero-order valence-corrected chi connectivity index (χ0v) is 12.4. The molecule has 106 valence electrons. The zero-order chi connectivity index (χ0) is 13.7. The number of nitrogens with two attached hydrogens (primary N) is 1. The lowest BCUT2D eigenvalue weighted by molar-refractivity contribution is 0.695. The van der Waals surface area contributed by atoms with Crippen LogP contribution >= 0.6 is 0 Å². The van der Waals surface area contributed by atoms with Crippen LogP contribution in [0.25, 0.3) is 0 Å². The summed E-state index contributed by atoms with van der Waals surface area (Å²) in [6.07, 6.45) is 6.13. The average molecular weight is 261 g/mol. The standard InChI is InChI=1S/C16H27N3/c1-3-5-15-9-14(11-17)10-16(18-15)19(8-4-2)12-13-6-7-13/h9-10,13H,3-8,11-12,17H2,1-2H3. The third-order valence-electron chi connectivity index (χ3n) is 3.66. The fraction of sp³-hybridized carbons (Fsp3) is 0.688. The Morgan fingerprint density at radius 3 is 2.63 bits per heavy atom. The van der Waals surface area contributed by atoms with E-state index in [1.807, 2.05) is 0 Å². The zero-order valence-electron chi connectivity index (χ0n) is 12.4. The van der Waals surface area contributed by atoms with Crippen LogP contribution in [0, 0.1) is 5.92 Å². The largest absolute Gasteiger partial charge is 0.356 e. The van der Waals surface area contributed by atoms with E-state index >= 15 is 0 Å². The van der Waals surface area contributed by atoms with Gasteiger partial charge in [0.05, 0.1) is 0 Å². The van der Waals surface area contributed by atoms with Gasteiger partial charge in [0.1, 0.15) is 5.82 Å². The highest BCUT2D eigenvalue weighted by Gasteiger charge is 2.24. The molecule has 0 amide bonds. The van der Waals surface area contributed by atoms with Crippen molar-refractivity contribution in [1.29, 1.82) is 0 Å². The maximum absolute atomic E-state index is 5.83. The van der Waals surface area contributed by atoms with Crippen molar-refractivity contribution in [2.45, 2.75) is 52.5 Å². The first-order valence-corrected chi connectivity index (χ1v) is 7.71. The molecule has 0 radical (unpaired) electrons. The molecule has 1 aliphatic carbocycles. The Hall–Kier alpha value is -1.09. The Bertz CT molecular complexity index is 399. The van der Waals surface area contributed by atoms with Crippen LogP contribution in [0.5, 0.6) is 0 Å². The molecule has 0 aliphatic heterocycles. The van der Waals surface area contributed by atoms with Crippen LogP contribution in [0.4, 0.5) is 5.82 Å². The summed E-state index contributed by atoms with van der Waals surface area (Å²) in [5.41, 5.74) is 8.23. The molecule has 1 aromatic heterocycles. The Kier molecular flexibility index (Phi) is 5.20. The summed E-state index contributed by atoms with van der Waals surface area (Å²) in [4.78, 5) is 7.30. The number of rotatable bonds is 8. The van der Waals surface area contributed by atoms with Gasteiger partial charge >= 0.3 is 0 Å². The van der Waals surface area contributed by atoms with Crippen LogP contribution in [0.1, 0.15) is 50.8 Å². The monoisotopic (exact) mass is 261 g/mol. The van der Waals surface area contributed by atoms with Crippen LogP contribution in [-0.2, 0) is 13.0 Å². The molecule has 19 heavy (non-hydrogen) atoms. The molecule has 1 fully saturated rings. The molecule has 3 heteroatoms. The van der Waals surface area contributed by atoms with Gasteiger partial charge < -0.3 is 10.6 Å². The fourth-order valence-electron chi connectivity index (χ4n) is 2.48. The van der Waals surface area contributed by atoms with Crippen molar-refractivity contribution in [2.24, 2.45) is 11.7 Å². The van der Waals surface area contributed by atoms with E-state index in [0.717, 1.165) is 31.1 Å². The van der Waals surface area contributed by atoms with E-state index in [9.17, 15) is 0 Å². The van der Waals surface area contributed by atoms with Crippen LogP contribution in [-0.4, -0.2) is 18.1 Å². The van der Waals surface area contributed by atoms with Crippen LogP contribution in [0.2, 0.25) is 0 Å². The molecule has 1 aromatic rings. The van der Waals surface area contributed by atoms with E-state index in [1.165, 1.54) is 37.1 Å². The summed E-state index contributed by atoms with van der Waals surface area (Å²) >= 11 is 0. The molecule has 0 bridgehead atoms. The number of hydrogen-bond donors (Lipinski definition) is 1. The minimum absolute atomic E-state index is 0.607. The van der Waals surface area contributed by atoms with Gasteiger partial charge in [-0.2, -0.15) is 0 Å². The lowest BCUT2D eigenvalue weighted by atomic mass is 10.1. The third kappa shape index (κ3) is 4.20. The van der Waals surface area contributed by atoms with Crippen LogP contribution < -0.4 is 10.6 Å². The Morgan fingerprint density at radius 1 is 1.26 bits per heavy atom. The summed E-state index contributed by atoms with van der Waals surface area (Å²) in [5, 5.41) is 0. The molecule has 0 saturated heterocycles. The van der Waals surface area contributed by atoms with E-state index < -0.39 is 0 Å². The van der Waals surface area contributed by atoms with Crippen LogP contribution in [0.15, 0.2) is 12.1 Å². The first-order chi connectivity index (χ1) is 9.26. The summed E-state index contributed by atoms with van der Waals surface area (Å²) in [6, 6.07) is 4.34. The second kappa shape index (κ2) is 6.90. The molecule has 3 nitrogen and oxygen atoms in total. The van der Waals surface area contributed by atoms with Crippen molar-refractivity contribution < 1.29 is 0 Å². The number of nitrogens with zero attached hydrogens (tertiary/aromatic N) is 2. The molecule has 0 unspecified atom stereocenters. The second-order valence-corrected chi connectivity index (χ2v) is 5.67. The van der Waals surface area contributed by atoms with E-state index in [2.05, 4.69) is 30.9 Å². The molecule has 0 atom stereocenters. The summed E-state index contributed by atoms with van der Waals surface area (Å²) in [5.74, 6) is 2.03. The molecule has 1 aliphatic rings. The SMILES string of the molecule is CCCc1cc(CN)cc(N(CCC)CC2CC2)n1. The van der Waals surface area contributed by atoms with Crippen LogP contribution in [0.3, 0.4) is 0 Å². The highest BCUT2D eigenvalue weighted by atomic mass is 15.2. The number of aromatic nitrogens is 1. The normalized spacial score (nSPS) is 14.7. The Labute approximate surface area is 117 Å². The molecule has 2 rings (SSSR count). The molecular formula is C16H27N3. The smallest absolute Gasteiger partial charge is 0.129 e. The molecule has 0 aromatic carbocycles. The van der Waals surface area contributed by atoms with Gasteiger partial charge in [-0.25, -0.2) is 4.98 Å². The van der Waals surface area contributed by atoms with E-state index in [0.29, 0.717) is 6.54 Å². The van der Waals surface area contributed by atoms with Crippen molar-refractivity contribution >= 4 is 5.82 Å². The lowest BCUT2D eigenvalue weighted by Gasteiger charge is -2.24. The van der Waals surface area contributed by atoms with Gasteiger partial charge in [0.2, 0.25) is 0 Å². The van der Waals surface area contributed by atoms with Crippen molar-refractivity contribution in [3.63, 3.8) is 0 Å². The van der Waals surface area contributed by atoms with Gasteiger partial charge in [-0.05, 0) is 49.3 Å². The summed E-state index contributed by atoms with van der Waals surface area (Å²) in [6.45, 7) is 7.31. The Morgan fingerprint density at radius 2 is 2.05 bits per heavy atom. The second-order valence-electron chi connectivity index (χ2n) is 5.67. The van der Waals surface area contributed by atoms with Gasteiger partial charge in [-0.1, -0.05) is 20.3 Å². The maximum atomic E-state index is 5.83. The highest BCUT2D eigenvalue weighted by Crippen LogP contribution is 2.31. The molecule has 1 saturated carbocycles. The third-order valence-corrected chi connectivity index (χ3v) is 3.66. The molecule has 2 N–H and O–H groups in total. The number of anilines is 1. The predicted octanol–water partition coefficient (Wildman–Crippen LogP) is 3.12. The van der Waals surface area contributed by atoms with E-state index in [4.69, 9.17) is 10.7 Å². The number of hydrogen-bond acceptors (Lipinski definition) is 3. The fourth-order valence-corrected chi connectivity index (χ4v) is 2.48. The quantitative estimate of drug-likeness (QED) is 0.782. The number of aryl methyl sites for hydroxylation is 1. The van der Waals surface area contributed by atoms with Gasteiger partial charge in [-0.3, -0.25) is 0 Å². The molecule has 0 spiro atoms. The first kappa shape index (κ1) is 14.3. The van der Waals surface area contributed by atoms with Crippen molar-refractivity contribution in [3.8, 4) is 0 Å². The van der Waals surface area contributed by atoms with Gasteiger partial charge in [-0.15, -0.1) is 0 Å². The minimum atomic E-state index is 0.607.